The molecular formula is C16H13ClFN5O2. The van der Waals surface area contributed by atoms with Crippen LogP contribution in [0.3, 0.4) is 0 Å². The molecule has 0 aliphatic heterocycles. The molecule has 0 fully saturated rings. The van der Waals surface area contributed by atoms with E-state index in [0.29, 0.717) is 17.3 Å². The molecule has 0 saturated heterocycles. The van der Waals surface area contributed by atoms with Gasteiger partial charge in [0.2, 0.25) is 0 Å². The quantitative estimate of drug-likeness (QED) is 0.754. The van der Waals surface area contributed by atoms with Crippen molar-refractivity contribution in [2.45, 2.75) is 6.54 Å². The first-order valence-corrected chi connectivity index (χ1v) is 7.62. The number of nitrogens with one attached hydrogen (secondary N) is 1. The Balaban J connectivity index is 1.76. The molecule has 2 aromatic carbocycles. The Kier molecular flexibility index (Phi) is 4.90. The third-order valence-corrected chi connectivity index (χ3v) is 3.76. The second kappa shape index (κ2) is 7.27. The van der Waals surface area contributed by atoms with Crippen molar-refractivity contribution < 1.29 is 13.9 Å². The minimum absolute atomic E-state index is 0.00251. The van der Waals surface area contributed by atoms with Gasteiger partial charge in [-0.1, -0.05) is 17.7 Å². The molecule has 3 aromatic rings. The Labute approximate surface area is 147 Å². The molecule has 1 aromatic heterocycles. The van der Waals surface area contributed by atoms with Gasteiger partial charge in [-0.2, -0.15) is 4.68 Å². The van der Waals surface area contributed by atoms with Crippen molar-refractivity contribution in [1.29, 1.82) is 0 Å². The summed E-state index contributed by atoms with van der Waals surface area (Å²) in [5.74, 6) is -0.265. The third-order valence-electron chi connectivity index (χ3n) is 3.45. The number of methoxy groups -OCH3 is 1. The van der Waals surface area contributed by atoms with Crippen LogP contribution in [0.25, 0.3) is 5.69 Å². The minimum atomic E-state index is -0.695. The van der Waals surface area contributed by atoms with E-state index in [1.54, 1.807) is 31.4 Å². The molecule has 1 N–H and O–H groups in total. The van der Waals surface area contributed by atoms with Crippen LogP contribution in [0.2, 0.25) is 5.02 Å². The van der Waals surface area contributed by atoms with Gasteiger partial charge in [-0.25, -0.2) is 4.39 Å². The Hall–Kier alpha value is -3.00. The lowest BCUT2D eigenvalue weighted by Crippen LogP contribution is -2.26. The third kappa shape index (κ3) is 3.58. The number of rotatable bonds is 5. The Bertz CT molecular complexity index is 878. The average Bonchev–Trinajstić information content (AvgIpc) is 3.08. The summed E-state index contributed by atoms with van der Waals surface area (Å²) in [5.41, 5.74) is 0.478. The van der Waals surface area contributed by atoms with Crippen molar-refractivity contribution >= 4 is 17.5 Å². The molecule has 3 rings (SSSR count). The van der Waals surface area contributed by atoms with Gasteiger partial charge in [0, 0.05) is 0 Å². The lowest BCUT2D eigenvalue weighted by Gasteiger charge is -2.08. The zero-order chi connectivity index (χ0) is 17.8. The SMILES string of the molecule is COc1ccc(-n2nnnc2CNC(=O)c2c(F)cccc2Cl)cc1. The standard InChI is InChI=1S/C16H13ClFN5O2/c1-25-11-7-5-10(6-8-11)23-14(20-21-22-23)9-19-16(24)15-12(17)3-2-4-13(15)18/h2-8H,9H2,1H3,(H,19,24). The second-order valence-corrected chi connectivity index (χ2v) is 5.39. The lowest BCUT2D eigenvalue weighted by molar-refractivity contribution is 0.0945. The smallest absolute Gasteiger partial charge is 0.256 e. The van der Waals surface area contributed by atoms with E-state index >= 15 is 0 Å². The molecule has 0 bridgehead atoms. The largest absolute Gasteiger partial charge is 0.497 e. The van der Waals surface area contributed by atoms with Gasteiger partial charge in [-0.3, -0.25) is 4.79 Å². The van der Waals surface area contributed by atoms with Crippen molar-refractivity contribution in [2.75, 3.05) is 7.11 Å². The van der Waals surface area contributed by atoms with Crippen molar-refractivity contribution in [1.82, 2.24) is 25.5 Å². The number of hydrogen-bond acceptors (Lipinski definition) is 5. The summed E-state index contributed by atoms with van der Waals surface area (Å²) in [6.07, 6.45) is 0. The van der Waals surface area contributed by atoms with Crippen LogP contribution in [0.1, 0.15) is 16.2 Å². The number of carbonyl (C=O) groups excluding carboxylic acids is 1. The molecule has 1 heterocycles. The van der Waals surface area contributed by atoms with E-state index < -0.39 is 11.7 Å². The highest BCUT2D eigenvalue weighted by Gasteiger charge is 2.17. The topological polar surface area (TPSA) is 81.9 Å². The number of halogens is 2. The van der Waals surface area contributed by atoms with Gasteiger partial charge >= 0.3 is 0 Å². The molecule has 9 heteroatoms. The summed E-state index contributed by atoms with van der Waals surface area (Å²) in [5, 5.41) is 14.0. The van der Waals surface area contributed by atoms with E-state index in [9.17, 15) is 9.18 Å². The van der Waals surface area contributed by atoms with E-state index in [-0.39, 0.29) is 17.1 Å². The summed E-state index contributed by atoms with van der Waals surface area (Å²) in [6, 6.07) is 11.1. The van der Waals surface area contributed by atoms with Crippen LogP contribution in [0.15, 0.2) is 42.5 Å². The first kappa shape index (κ1) is 16.8. The molecular weight excluding hydrogens is 349 g/mol. The first-order valence-electron chi connectivity index (χ1n) is 7.24. The molecule has 0 atom stereocenters. The molecule has 0 spiro atoms. The van der Waals surface area contributed by atoms with E-state index in [1.807, 2.05) is 0 Å². The minimum Gasteiger partial charge on any atom is -0.497 e. The molecule has 0 radical (unpaired) electrons. The first-order chi connectivity index (χ1) is 12.1. The predicted molar refractivity (Wildman–Crippen MR) is 88.3 cm³/mol. The maximum Gasteiger partial charge on any atom is 0.256 e. The van der Waals surface area contributed by atoms with E-state index in [2.05, 4.69) is 20.8 Å². The Morgan fingerprint density at radius 2 is 2.04 bits per heavy atom. The van der Waals surface area contributed by atoms with Crippen molar-refractivity contribution in [3.63, 3.8) is 0 Å². The van der Waals surface area contributed by atoms with E-state index in [0.717, 1.165) is 0 Å². The number of nitrogens with zero attached hydrogens (tertiary/aromatic N) is 4. The number of aromatic nitrogens is 4. The number of tetrazole rings is 1. The fourth-order valence-electron chi connectivity index (χ4n) is 2.20. The van der Waals surface area contributed by atoms with Crippen LogP contribution < -0.4 is 10.1 Å². The van der Waals surface area contributed by atoms with Crippen LogP contribution in [0, 0.1) is 5.82 Å². The molecule has 0 unspecified atom stereocenters. The molecule has 7 nitrogen and oxygen atoms in total. The van der Waals surface area contributed by atoms with Crippen LogP contribution >= 0.6 is 11.6 Å². The number of benzene rings is 2. The average molecular weight is 362 g/mol. The monoisotopic (exact) mass is 361 g/mol. The fraction of sp³-hybridized carbons (Fsp3) is 0.125. The number of ether oxygens (including phenoxy) is 1. The normalized spacial score (nSPS) is 10.5. The Morgan fingerprint density at radius 3 is 2.72 bits per heavy atom. The van der Waals surface area contributed by atoms with Gasteiger partial charge in [-0.15, -0.1) is 5.10 Å². The summed E-state index contributed by atoms with van der Waals surface area (Å²) >= 11 is 5.88. The molecule has 0 saturated carbocycles. The van der Waals surface area contributed by atoms with Crippen LogP contribution in [0.4, 0.5) is 4.39 Å². The number of amides is 1. The van der Waals surface area contributed by atoms with E-state index in [1.165, 1.54) is 22.9 Å². The highest BCUT2D eigenvalue weighted by Crippen LogP contribution is 2.19. The maximum atomic E-state index is 13.8. The highest BCUT2D eigenvalue weighted by atomic mass is 35.5. The zero-order valence-corrected chi connectivity index (χ0v) is 13.9. The van der Waals surface area contributed by atoms with Gasteiger partial charge < -0.3 is 10.1 Å². The molecule has 25 heavy (non-hydrogen) atoms. The van der Waals surface area contributed by atoms with Gasteiger partial charge in [-0.05, 0) is 46.8 Å². The van der Waals surface area contributed by atoms with Crippen LogP contribution in [-0.2, 0) is 6.54 Å². The highest BCUT2D eigenvalue weighted by molar-refractivity contribution is 6.33. The van der Waals surface area contributed by atoms with Gasteiger partial charge in [0.1, 0.15) is 11.6 Å². The van der Waals surface area contributed by atoms with Gasteiger partial charge in [0.25, 0.3) is 5.91 Å². The summed E-state index contributed by atoms with van der Waals surface area (Å²) < 4.78 is 20.3. The Morgan fingerprint density at radius 1 is 1.28 bits per heavy atom. The van der Waals surface area contributed by atoms with Gasteiger partial charge in [0.05, 0.1) is 29.9 Å². The van der Waals surface area contributed by atoms with Crippen molar-refractivity contribution in [3.05, 3.63) is 64.7 Å². The molecule has 0 aliphatic carbocycles. The fourth-order valence-corrected chi connectivity index (χ4v) is 2.45. The van der Waals surface area contributed by atoms with Crippen molar-refractivity contribution in [3.8, 4) is 11.4 Å². The number of carbonyl (C=O) groups is 1. The van der Waals surface area contributed by atoms with E-state index in [4.69, 9.17) is 16.3 Å². The van der Waals surface area contributed by atoms with Crippen LogP contribution in [0.5, 0.6) is 5.75 Å². The summed E-state index contributed by atoms with van der Waals surface area (Å²) in [6.45, 7) is 0.00251. The zero-order valence-electron chi connectivity index (χ0n) is 13.1. The molecule has 0 aliphatic rings. The van der Waals surface area contributed by atoms with Crippen molar-refractivity contribution in [2.24, 2.45) is 0 Å². The maximum absolute atomic E-state index is 13.8. The molecule has 1 amide bonds. The predicted octanol–water partition coefficient (Wildman–Crippen LogP) is 2.39. The number of hydrogen-bond donors (Lipinski definition) is 1. The van der Waals surface area contributed by atoms with Gasteiger partial charge in [0.15, 0.2) is 5.82 Å². The summed E-state index contributed by atoms with van der Waals surface area (Å²) in [4.78, 5) is 12.2. The van der Waals surface area contributed by atoms with Crippen LogP contribution in [-0.4, -0.2) is 33.2 Å². The molecule has 128 valence electrons. The lowest BCUT2D eigenvalue weighted by atomic mass is 10.2. The summed E-state index contributed by atoms with van der Waals surface area (Å²) in [7, 11) is 1.57. The second-order valence-electron chi connectivity index (χ2n) is 4.98.